The SMILES string of the molecule is CC(C)=CCCN1CCC(NC(=O)C(O)(c2ccccc2)C2CCCC2)CC1.O=C(O)C=CC(=O)O. The van der Waals surface area contributed by atoms with Crippen LogP contribution in [0.2, 0.25) is 0 Å². The molecule has 1 unspecified atom stereocenters. The molecular weight excluding hydrogens is 460 g/mol. The van der Waals surface area contributed by atoms with Crippen molar-refractivity contribution >= 4 is 17.8 Å². The van der Waals surface area contributed by atoms with Crippen molar-refractivity contribution in [1.82, 2.24) is 10.2 Å². The van der Waals surface area contributed by atoms with Crippen LogP contribution in [0, 0.1) is 5.92 Å². The minimum atomic E-state index is -1.40. The molecule has 1 saturated heterocycles. The van der Waals surface area contributed by atoms with E-state index in [-0.39, 0.29) is 17.9 Å². The lowest BCUT2D eigenvalue weighted by Crippen LogP contribution is -2.54. The lowest BCUT2D eigenvalue weighted by molar-refractivity contribution is -0.148. The zero-order chi connectivity index (χ0) is 26.6. The minimum absolute atomic E-state index is 0.0130. The molecule has 1 aromatic rings. The van der Waals surface area contributed by atoms with Gasteiger partial charge in [-0.05, 0) is 51.5 Å². The number of hydrogen-bond acceptors (Lipinski definition) is 5. The number of likely N-dealkylation sites (tertiary alicyclic amines) is 1. The van der Waals surface area contributed by atoms with E-state index < -0.39 is 17.5 Å². The van der Waals surface area contributed by atoms with Crippen LogP contribution in [0.3, 0.4) is 0 Å². The highest BCUT2D eigenvalue weighted by Crippen LogP contribution is 2.41. The summed E-state index contributed by atoms with van der Waals surface area (Å²) in [7, 11) is 0. The van der Waals surface area contributed by atoms with E-state index in [1.807, 2.05) is 30.3 Å². The molecule has 198 valence electrons. The second kappa shape index (κ2) is 14.6. The summed E-state index contributed by atoms with van der Waals surface area (Å²) in [5.74, 6) is -2.70. The maximum absolute atomic E-state index is 13.3. The number of nitrogens with one attached hydrogen (secondary N) is 1. The highest BCUT2D eigenvalue weighted by Gasteiger charge is 2.46. The van der Waals surface area contributed by atoms with Gasteiger partial charge in [0.25, 0.3) is 5.91 Å². The molecule has 0 aromatic heterocycles. The summed E-state index contributed by atoms with van der Waals surface area (Å²) in [4.78, 5) is 34.8. The van der Waals surface area contributed by atoms with E-state index in [0.29, 0.717) is 12.2 Å². The number of aliphatic hydroxyl groups is 1. The third-order valence-corrected chi connectivity index (χ3v) is 6.80. The molecule has 36 heavy (non-hydrogen) atoms. The van der Waals surface area contributed by atoms with Crippen LogP contribution in [-0.4, -0.2) is 63.7 Å². The number of amides is 1. The predicted octanol–water partition coefficient (Wildman–Crippen LogP) is 3.71. The second-order valence-electron chi connectivity index (χ2n) is 9.78. The van der Waals surface area contributed by atoms with Gasteiger partial charge in [-0.3, -0.25) is 4.79 Å². The third kappa shape index (κ3) is 9.24. The van der Waals surface area contributed by atoms with Gasteiger partial charge in [-0.15, -0.1) is 0 Å². The van der Waals surface area contributed by atoms with Gasteiger partial charge in [-0.25, -0.2) is 9.59 Å². The van der Waals surface area contributed by atoms with Crippen molar-refractivity contribution in [2.45, 2.75) is 70.4 Å². The number of carboxylic acid groups (broad SMARTS) is 2. The average molecular weight is 501 g/mol. The Balaban J connectivity index is 0.000000493. The van der Waals surface area contributed by atoms with Gasteiger partial charge in [0.2, 0.25) is 0 Å². The van der Waals surface area contributed by atoms with Crippen LogP contribution in [-0.2, 0) is 20.0 Å². The highest BCUT2D eigenvalue weighted by molar-refractivity contribution is 5.89. The monoisotopic (exact) mass is 500 g/mol. The van der Waals surface area contributed by atoms with Crippen LogP contribution in [0.4, 0.5) is 0 Å². The Labute approximate surface area is 213 Å². The topological polar surface area (TPSA) is 127 Å². The molecule has 0 bridgehead atoms. The number of carbonyl (C=O) groups is 3. The summed E-state index contributed by atoms with van der Waals surface area (Å²) in [6.07, 6.45) is 10.4. The van der Waals surface area contributed by atoms with Crippen molar-refractivity contribution in [1.29, 1.82) is 0 Å². The van der Waals surface area contributed by atoms with Gasteiger partial charge in [0.1, 0.15) is 0 Å². The molecule has 1 heterocycles. The quantitative estimate of drug-likeness (QED) is 0.301. The van der Waals surface area contributed by atoms with E-state index in [0.717, 1.165) is 70.1 Å². The lowest BCUT2D eigenvalue weighted by atomic mass is 9.79. The Morgan fingerprint density at radius 3 is 2.03 bits per heavy atom. The maximum atomic E-state index is 13.3. The van der Waals surface area contributed by atoms with Gasteiger partial charge in [-0.2, -0.15) is 0 Å². The Bertz CT molecular complexity index is 895. The smallest absolute Gasteiger partial charge is 0.328 e. The van der Waals surface area contributed by atoms with Gasteiger partial charge < -0.3 is 25.5 Å². The second-order valence-corrected chi connectivity index (χ2v) is 9.78. The summed E-state index contributed by atoms with van der Waals surface area (Å²) < 4.78 is 0. The highest BCUT2D eigenvalue weighted by atomic mass is 16.4. The van der Waals surface area contributed by atoms with Gasteiger partial charge in [0.15, 0.2) is 5.60 Å². The number of hydrogen-bond donors (Lipinski definition) is 4. The molecule has 3 rings (SSSR count). The summed E-state index contributed by atoms with van der Waals surface area (Å²) >= 11 is 0. The van der Waals surface area contributed by atoms with Crippen molar-refractivity contribution in [3.63, 3.8) is 0 Å². The predicted molar refractivity (Wildman–Crippen MR) is 138 cm³/mol. The molecule has 1 atom stereocenters. The summed E-state index contributed by atoms with van der Waals surface area (Å²) in [6.45, 7) is 7.38. The molecular formula is C28H40N2O6. The van der Waals surface area contributed by atoms with Crippen molar-refractivity contribution in [2.24, 2.45) is 5.92 Å². The van der Waals surface area contributed by atoms with E-state index in [9.17, 15) is 19.5 Å². The molecule has 1 amide bonds. The van der Waals surface area contributed by atoms with Crippen LogP contribution in [0.1, 0.15) is 64.4 Å². The van der Waals surface area contributed by atoms with E-state index >= 15 is 0 Å². The molecule has 2 fully saturated rings. The van der Waals surface area contributed by atoms with Gasteiger partial charge in [-0.1, -0.05) is 54.8 Å². The molecule has 1 aliphatic carbocycles. The largest absolute Gasteiger partial charge is 0.478 e. The third-order valence-electron chi connectivity index (χ3n) is 6.80. The number of piperidine rings is 1. The van der Waals surface area contributed by atoms with E-state index in [2.05, 4.69) is 30.1 Å². The maximum Gasteiger partial charge on any atom is 0.328 e. The van der Waals surface area contributed by atoms with Gasteiger partial charge in [0, 0.05) is 43.7 Å². The fraction of sp³-hybridized carbons (Fsp3) is 0.536. The first-order chi connectivity index (χ1) is 17.1. The lowest BCUT2D eigenvalue weighted by Gasteiger charge is -2.37. The molecule has 0 radical (unpaired) electrons. The Kier molecular flexibility index (Phi) is 11.8. The molecule has 1 aromatic carbocycles. The first kappa shape index (κ1) is 29.3. The number of carboxylic acids is 2. The van der Waals surface area contributed by atoms with Crippen LogP contribution < -0.4 is 5.32 Å². The molecule has 8 heteroatoms. The number of nitrogens with zero attached hydrogens (tertiary/aromatic N) is 1. The summed E-state index contributed by atoms with van der Waals surface area (Å²) in [5, 5.41) is 30.4. The molecule has 8 nitrogen and oxygen atoms in total. The molecule has 1 aliphatic heterocycles. The fourth-order valence-corrected chi connectivity index (χ4v) is 4.86. The number of aliphatic carboxylic acids is 2. The minimum Gasteiger partial charge on any atom is -0.478 e. The van der Waals surface area contributed by atoms with Crippen LogP contribution >= 0.6 is 0 Å². The van der Waals surface area contributed by atoms with Crippen LogP contribution in [0.25, 0.3) is 0 Å². The molecule has 2 aliphatic rings. The molecule has 4 N–H and O–H groups in total. The van der Waals surface area contributed by atoms with Gasteiger partial charge in [0.05, 0.1) is 0 Å². The van der Waals surface area contributed by atoms with Crippen molar-refractivity contribution in [2.75, 3.05) is 19.6 Å². The first-order valence-electron chi connectivity index (χ1n) is 12.7. The van der Waals surface area contributed by atoms with Crippen molar-refractivity contribution in [3.8, 4) is 0 Å². The van der Waals surface area contributed by atoms with Gasteiger partial charge >= 0.3 is 11.9 Å². The normalized spacial score (nSPS) is 18.6. The van der Waals surface area contributed by atoms with E-state index in [1.165, 1.54) is 5.57 Å². The average Bonchev–Trinajstić information content (AvgIpc) is 3.40. The molecule has 0 spiro atoms. The zero-order valence-electron chi connectivity index (χ0n) is 21.4. The number of rotatable bonds is 9. The Morgan fingerprint density at radius 2 is 1.53 bits per heavy atom. The summed E-state index contributed by atoms with van der Waals surface area (Å²) in [6, 6.07) is 9.69. The van der Waals surface area contributed by atoms with Crippen LogP contribution in [0.15, 0.2) is 54.1 Å². The van der Waals surface area contributed by atoms with E-state index in [1.54, 1.807) is 0 Å². The Hall–Kier alpha value is -2.97. The number of benzene rings is 1. The van der Waals surface area contributed by atoms with Crippen molar-refractivity contribution < 1.29 is 29.7 Å². The van der Waals surface area contributed by atoms with E-state index in [4.69, 9.17) is 10.2 Å². The fourth-order valence-electron chi connectivity index (χ4n) is 4.86. The number of carbonyl (C=O) groups excluding carboxylic acids is 1. The van der Waals surface area contributed by atoms with Crippen LogP contribution in [0.5, 0.6) is 0 Å². The Morgan fingerprint density at radius 1 is 0.972 bits per heavy atom. The molecule has 1 saturated carbocycles. The zero-order valence-corrected chi connectivity index (χ0v) is 21.4. The number of allylic oxidation sites excluding steroid dienone is 1. The summed E-state index contributed by atoms with van der Waals surface area (Å²) in [5.41, 5.74) is 0.700. The standard InChI is InChI=1S/C24H36N2O2.C4H4O4/c1-19(2)9-8-16-26-17-14-22(15-18-26)25-23(27)24(28,21-12-6-7-13-21)20-10-4-3-5-11-20;5-3(6)1-2-4(7)8/h3-5,9-11,21-22,28H,6-8,12-18H2,1-2H3,(H,25,27);1-2H,(H,5,6)(H,7,8). The van der Waals surface area contributed by atoms with Crippen molar-refractivity contribution in [3.05, 3.63) is 59.7 Å². The first-order valence-corrected chi connectivity index (χ1v) is 12.7.